The minimum Gasteiger partial charge on any atom is -0.293 e. The van der Waals surface area contributed by atoms with Gasteiger partial charge in [-0.15, -0.1) is 0 Å². The van der Waals surface area contributed by atoms with E-state index in [0.717, 1.165) is 34.1 Å². The number of piperazine rings is 1. The molecule has 0 radical (unpaired) electrons. The van der Waals surface area contributed by atoms with Gasteiger partial charge in [-0.1, -0.05) is 24.3 Å². The number of nitrogens with zero attached hydrogens (tertiary/aromatic N) is 6. The highest BCUT2D eigenvalue weighted by molar-refractivity contribution is 7.89. The molecule has 2 aromatic heterocycles. The van der Waals surface area contributed by atoms with E-state index in [-0.39, 0.29) is 4.90 Å². The lowest BCUT2D eigenvalue weighted by atomic mass is 10.2. The smallest absolute Gasteiger partial charge is 0.245 e. The molecule has 3 heterocycles. The molecular formula is C20H20N6O2S2. The Bertz CT molecular complexity index is 1330. The van der Waals surface area contributed by atoms with Crippen LogP contribution in [-0.4, -0.2) is 62.5 Å². The van der Waals surface area contributed by atoms with Gasteiger partial charge in [0.05, 0.1) is 23.8 Å². The van der Waals surface area contributed by atoms with Crippen molar-refractivity contribution in [3.8, 4) is 0 Å². The topological polar surface area (TPSA) is 92.2 Å². The molecule has 0 saturated carbocycles. The number of hydrogen-bond acceptors (Lipinski definition) is 8. The highest BCUT2D eigenvalue weighted by atomic mass is 32.2. The van der Waals surface area contributed by atoms with E-state index in [1.54, 1.807) is 18.2 Å². The standard InChI is InChI=1S/C20H20N6O2S2/c1-14-15-5-2-3-6-16(15)22-19(21-14)13-25-9-11-26(12-10-25)30(27,28)18-8-4-7-17-20(18)24-29-23-17/h2-8H,9-13H2,1H3. The number of benzene rings is 2. The number of para-hydroxylation sites is 1. The van der Waals surface area contributed by atoms with Gasteiger partial charge in [-0.3, -0.25) is 4.90 Å². The SMILES string of the molecule is Cc1nc(CN2CCN(S(=O)(=O)c3cccc4nsnc34)CC2)nc2ccccc12. The van der Waals surface area contributed by atoms with Crippen LogP contribution >= 0.6 is 11.7 Å². The molecule has 1 aliphatic rings. The predicted molar refractivity (Wildman–Crippen MR) is 116 cm³/mol. The van der Waals surface area contributed by atoms with Crippen molar-refractivity contribution in [3.05, 3.63) is 54.0 Å². The lowest BCUT2D eigenvalue weighted by molar-refractivity contribution is 0.178. The third-order valence-corrected chi connectivity index (χ3v) is 7.88. The number of aromatic nitrogens is 4. The Morgan fingerprint density at radius 1 is 0.933 bits per heavy atom. The lowest BCUT2D eigenvalue weighted by Gasteiger charge is -2.33. The van der Waals surface area contributed by atoms with Gasteiger partial charge in [-0.2, -0.15) is 13.1 Å². The summed E-state index contributed by atoms with van der Waals surface area (Å²) < 4.78 is 36.2. The maximum Gasteiger partial charge on any atom is 0.245 e. The molecule has 1 fully saturated rings. The van der Waals surface area contributed by atoms with Gasteiger partial charge in [0, 0.05) is 37.3 Å². The normalized spacial score (nSPS) is 16.4. The molecule has 154 valence electrons. The summed E-state index contributed by atoms with van der Waals surface area (Å²) in [5, 5.41) is 1.06. The van der Waals surface area contributed by atoms with Crippen LogP contribution in [0.25, 0.3) is 21.9 Å². The average Bonchev–Trinajstić information content (AvgIpc) is 3.23. The van der Waals surface area contributed by atoms with Gasteiger partial charge >= 0.3 is 0 Å². The molecule has 10 heteroatoms. The van der Waals surface area contributed by atoms with Gasteiger partial charge in [0.25, 0.3) is 0 Å². The fourth-order valence-corrected chi connectivity index (χ4v) is 6.00. The summed E-state index contributed by atoms with van der Waals surface area (Å²) in [6, 6.07) is 13.1. The van der Waals surface area contributed by atoms with Crippen LogP contribution in [0.3, 0.4) is 0 Å². The molecule has 0 spiro atoms. The Morgan fingerprint density at radius 3 is 2.53 bits per heavy atom. The van der Waals surface area contributed by atoms with Crippen molar-refractivity contribution in [2.45, 2.75) is 18.4 Å². The van der Waals surface area contributed by atoms with E-state index in [4.69, 9.17) is 0 Å². The van der Waals surface area contributed by atoms with Crippen LogP contribution in [0, 0.1) is 6.92 Å². The highest BCUT2D eigenvalue weighted by Gasteiger charge is 2.30. The molecule has 0 N–H and O–H groups in total. The largest absolute Gasteiger partial charge is 0.293 e. The van der Waals surface area contributed by atoms with Crippen molar-refractivity contribution in [1.29, 1.82) is 0 Å². The number of fused-ring (bicyclic) bond motifs is 2. The first-order chi connectivity index (χ1) is 14.5. The van der Waals surface area contributed by atoms with Crippen molar-refractivity contribution in [2.24, 2.45) is 0 Å². The van der Waals surface area contributed by atoms with Crippen molar-refractivity contribution in [1.82, 2.24) is 27.9 Å². The average molecular weight is 441 g/mol. The molecule has 5 rings (SSSR count). The molecule has 0 atom stereocenters. The molecule has 8 nitrogen and oxygen atoms in total. The molecule has 1 saturated heterocycles. The number of hydrogen-bond donors (Lipinski definition) is 0. The summed E-state index contributed by atoms with van der Waals surface area (Å²) in [6.45, 7) is 4.68. The zero-order chi connectivity index (χ0) is 20.7. The predicted octanol–water partition coefficient (Wildman–Crippen LogP) is 2.45. The van der Waals surface area contributed by atoms with Gasteiger partial charge in [-0.05, 0) is 25.1 Å². The van der Waals surface area contributed by atoms with E-state index in [2.05, 4.69) is 23.6 Å². The van der Waals surface area contributed by atoms with Crippen molar-refractivity contribution < 1.29 is 8.42 Å². The molecule has 0 bridgehead atoms. The molecular weight excluding hydrogens is 420 g/mol. The molecule has 2 aromatic carbocycles. The van der Waals surface area contributed by atoms with Crippen LogP contribution in [0.1, 0.15) is 11.5 Å². The van der Waals surface area contributed by atoms with Gasteiger partial charge in [0.2, 0.25) is 10.0 Å². The number of aryl methyl sites for hydroxylation is 1. The molecule has 1 aliphatic heterocycles. The second kappa shape index (κ2) is 7.62. The summed E-state index contributed by atoms with van der Waals surface area (Å²) in [7, 11) is -3.61. The quantitative estimate of drug-likeness (QED) is 0.481. The van der Waals surface area contributed by atoms with Gasteiger partial charge in [0.15, 0.2) is 0 Å². The van der Waals surface area contributed by atoms with Crippen molar-refractivity contribution in [3.63, 3.8) is 0 Å². The number of rotatable bonds is 4. The Labute approximate surface area is 178 Å². The first kappa shape index (κ1) is 19.4. The summed E-state index contributed by atoms with van der Waals surface area (Å²) in [6.07, 6.45) is 0. The van der Waals surface area contributed by atoms with Gasteiger partial charge in [-0.25, -0.2) is 18.4 Å². The Kier molecular flexibility index (Phi) is 4.94. The maximum absolute atomic E-state index is 13.2. The van der Waals surface area contributed by atoms with Gasteiger partial charge < -0.3 is 0 Å². The monoisotopic (exact) mass is 440 g/mol. The van der Waals surface area contributed by atoms with E-state index in [9.17, 15) is 8.42 Å². The Morgan fingerprint density at radius 2 is 1.70 bits per heavy atom. The second-order valence-corrected chi connectivity index (χ2v) is 9.75. The molecule has 0 amide bonds. The minimum atomic E-state index is -3.61. The summed E-state index contributed by atoms with van der Waals surface area (Å²) >= 11 is 1.03. The molecule has 0 unspecified atom stereocenters. The summed E-state index contributed by atoms with van der Waals surface area (Å²) in [5.74, 6) is 0.765. The van der Waals surface area contributed by atoms with Crippen molar-refractivity contribution >= 4 is 43.7 Å². The summed E-state index contributed by atoms with van der Waals surface area (Å²) in [5.41, 5.74) is 2.96. The van der Waals surface area contributed by atoms with Crippen LogP contribution in [0.4, 0.5) is 0 Å². The zero-order valence-electron chi connectivity index (χ0n) is 16.4. The first-order valence-corrected chi connectivity index (χ1v) is 11.9. The maximum atomic E-state index is 13.2. The Balaban J connectivity index is 1.31. The van der Waals surface area contributed by atoms with Crippen LogP contribution in [0.15, 0.2) is 47.4 Å². The lowest BCUT2D eigenvalue weighted by Crippen LogP contribution is -2.48. The molecule has 4 aromatic rings. The van der Waals surface area contributed by atoms with Gasteiger partial charge in [0.1, 0.15) is 21.8 Å². The van der Waals surface area contributed by atoms with E-state index in [0.29, 0.717) is 43.8 Å². The minimum absolute atomic E-state index is 0.232. The molecule has 0 aliphatic carbocycles. The Hall–Kier alpha value is -2.53. The fraction of sp³-hybridized carbons (Fsp3) is 0.300. The van der Waals surface area contributed by atoms with E-state index >= 15 is 0 Å². The third kappa shape index (κ3) is 3.45. The van der Waals surface area contributed by atoms with E-state index < -0.39 is 10.0 Å². The third-order valence-electron chi connectivity index (χ3n) is 5.40. The van der Waals surface area contributed by atoms with Crippen LogP contribution < -0.4 is 0 Å². The summed E-state index contributed by atoms with van der Waals surface area (Å²) in [4.78, 5) is 11.7. The first-order valence-electron chi connectivity index (χ1n) is 9.68. The van der Waals surface area contributed by atoms with Crippen LogP contribution in [-0.2, 0) is 16.6 Å². The van der Waals surface area contributed by atoms with Crippen molar-refractivity contribution in [2.75, 3.05) is 26.2 Å². The molecule has 30 heavy (non-hydrogen) atoms. The fourth-order valence-electron chi connectivity index (χ4n) is 3.82. The zero-order valence-corrected chi connectivity index (χ0v) is 18.0. The van der Waals surface area contributed by atoms with Crippen LogP contribution in [0.5, 0.6) is 0 Å². The van der Waals surface area contributed by atoms with E-state index in [1.807, 2.05) is 31.2 Å². The van der Waals surface area contributed by atoms with Crippen LogP contribution in [0.2, 0.25) is 0 Å². The van der Waals surface area contributed by atoms with E-state index in [1.165, 1.54) is 4.31 Å². The second-order valence-electron chi connectivity index (χ2n) is 7.31. The number of sulfonamides is 1. The highest BCUT2D eigenvalue weighted by Crippen LogP contribution is 2.25.